The number of likely N-dealkylation sites (tertiary alicyclic amines) is 1. The van der Waals surface area contributed by atoms with Crippen LogP contribution in [0.5, 0.6) is 5.75 Å². The summed E-state index contributed by atoms with van der Waals surface area (Å²) in [6, 6.07) is 9.55. The van der Waals surface area contributed by atoms with Crippen molar-refractivity contribution in [2.45, 2.75) is 49.9 Å². The van der Waals surface area contributed by atoms with Crippen molar-refractivity contribution in [1.82, 2.24) is 20.5 Å². The normalized spacial score (nSPS) is 17.2. The Labute approximate surface area is 230 Å². The third-order valence-electron chi connectivity index (χ3n) is 7.12. The number of aromatic amines is 1. The predicted octanol–water partition coefficient (Wildman–Crippen LogP) is -0.576. The molecule has 0 radical (unpaired) electrons. The summed E-state index contributed by atoms with van der Waals surface area (Å²) in [5.41, 5.74) is 14.0. The number of hydrogen-bond donors (Lipinski definition) is 7. The van der Waals surface area contributed by atoms with Gasteiger partial charge in [0.05, 0.1) is 12.6 Å². The van der Waals surface area contributed by atoms with Crippen molar-refractivity contribution in [3.8, 4) is 5.75 Å². The minimum Gasteiger partial charge on any atom is -0.508 e. The molecule has 9 N–H and O–H groups in total. The molecular formula is C28H34N6O6. The summed E-state index contributed by atoms with van der Waals surface area (Å²) in [5, 5.41) is 25.4. The molecule has 0 saturated carbocycles. The van der Waals surface area contributed by atoms with Crippen LogP contribution in [0, 0.1) is 0 Å². The maximum absolute atomic E-state index is 13.3. The van der Waals surface area contributed by atoms with Gasteiger partial charge in [0.25, 0.3) is 0 Å². The molecule has 1 aromatic heterocycles. The first-order valence-electron chi connectivity index (χ1n) is 13.1. The zero-order valence-electron chi connectivity index (χ0n) is 21.9. The minimum atomic E-state index is -1.30. The van der Waals surface area contributed by atoms with E-state index >= 15 is 0 Å². The number of rotatable bonds is 11. The number of phenols is 1. The number of para-hydroxylation sites is 1. The van der Waals surface area contributed by atoms with Crippen molar-refractivity contribution in [3.63, 3.8) is 0 Å². The first-order valence-corrected chi connectivity index (χ1v) is 13.1. The Morgan fingerprint density at radius 1 is 1.02 bits per heavy atom. The fourth-order valence-electron chi connectivity index (χ4n) is 4.96. The molecule has 4 amide bonds. The Bertz CT molecular complexity index is 1370. The minimum absolute atomic E-state index is 0.0806. The highest BCUT2D eigenvalue weighted by Gasteiger charge is 2.39. The number of nitrogens with zero attached hydrogens (tertiary/aromatic N) is 1. The quantitative estimate of drug-likeness (QED) is 0.165. The van der Waals surface area contributed by atoms with Crippen molar-refractivity contribution in [1.29, 1.82) is 0 Å². The molecule has 12 heteroatoms. The zero-order valence-corrected chi connectivity index (χ0v) is 21.9. The molecule has 40 heavy (non-hydrogen) atoms. The number of carbonyl (C=O) groups excluding carboxylic acids is 4. The van der Waals surface area contributed by atoms with E-state index in [2.05, 4.69) is 15.6 Å². The average Bonchev–Trinajstić information content (AvgIpc) is 3.60. The number of benzene rings is 2. The van der Waals surface area contributed by atoms with Crippen LogP contribution >= 0.6 is 0 Å². The highest BCUT2D eigenvalue weighted by molar-refractivity contribution is 5.95. The van der Waals surface area contributed by atoms with Crippen LogP contribution in [0.4, 0.5) is 0 Å². The number of H-pyrrole nitrogens is 1. The summed E-state index contributed by atoms with van der Waals surface area (Å²) in [5.74, 6) is -2.44. The largest absolute Gasteiger partial charge is 0.508 e. The van der Waals surface area contributed by atoms with Crippen LogP contribution in [0.2, 0.25) is 0 Å². The van der Waals surface area contributed by atoms with E-state index in [0.717, 1.165) is 16.5 Å². The molecule has 2 aromatic carbocycles. The van der Waals surface area contributed by atoms with E-state index in [1.807, 2.05) is 24.3 Å². The third kappa shape index (κ3) is 6.58. The van der Waals surface area contributed by atoms with Gasteiger partial charge in [-0.15, -0.1) is 0 Å². The van der Waals surface area contributed by atoms with E-state index in [1.165, 1.54) is 17.0 Å². The number of aromatic nitrogens is 1. The number of hydrogen-bond acceptors (Lipinski definition) is 7. The lowest BCUT2D eigenvalue weighted by molar-refractivity contribution is -0.143. The van der Waals surface area contributed by atoms with Crippen molar-refractivity contribution >= 4 is 34.5 Å². The van der Waals surface area contributed by atoms with Crippen molar-refractivity contribution < 1.29 is 29.4 Å². The number of aromatic hydroxyl groups is 1. The van der Waals surface area contributed by atoms with Crippen molar-refractivity contribution in [2.75, 3.05) is 13.2 Å². The van der Waals surface area contributed by atoms with Gasteiger partial charge in [-0.2, -0.15) is 0 Å². The van der Waals surface area contributed by atoms with Crippen molar-refractivity contribution in [2.24, 2.45) is 11.5 Å². The Balaban J connectivity index is 1.38. The summed E-state index contributed by atoms with van der Waals surface area (Å²) in [6.07, 6.45) is 2.96. The van der Waals surface area contributed by atoms with Crippen molar-refractivity contribution in [3.05, 3.63) is 65.9 Å². The molecule has 4 atom stereocenters. The van der Waals surface area contributed by atoms with E-state index in [4.69, 9.17) is 11.5 Å². The second kappa shape index (κ2) is 12.6. The lowest BCUT2D eigenvalue weighted by Gasteiger charge is -2.29. The Morgan fingerprint density at radius 3 is 2.45 bits per heavy atom. The molecule has 4 rings (SSSR count). The highest BCUT2D eigenvalue weighted by Crippen LogP contribution is 2.21. The van der Waals surface area contributed by atoms with Gasteiger partial charge in [0.15, 0.2) is 0 Å². The Kier molecular flexibility index (Phi) is 9.02. The van der Waals surface area contributed by atoms with E-state index < -0.39 is 54.4 Å². The summed E-state index contributed by atoms with van der Waals surface area (Å²) >= 11 is 0. The van der Waals surface area contributed by atoms with E-state index in [9.17, 15) is 29.4 Å². The smallest absolute Gasteiger partial charge is 0.248 e. The molecule has 3 aromatic rings. The van der Waals surface area contributed by atoms with Crippen LogP contribution in [0.3, 0.4) is 0 Å². The van der Waals surface area contributed by atoms with E-state index in [1.54, 1.807) is 18.3 Å². The number of aliphatic hydroxyl groups is 1. The van der Waals surface area contributed by atoms with Gasteiger partial charge >= 0.3 is 0 Å². The maximum Gasteiger partial charge on any atom is 0.248 e. The number of phenolic OH excluding ortho intramolecular Hbond substituents is 1. The van der Waals surface area contributed by atoms with Gasteiger partial charge in [0.2, 0.25) is 23.6 Å². The number of amides is 4. The Morgan fingerprint density at radius 2 is 1.75 bits per heavy atom. The number of carbonyl (C=O) groups is 4. The van der Waals surface area contributed by atoms with Gasteiger partial charge in [-0.05, 0) is 48.6 Å². The zero-order chi connectivity index (χ0) is 28.8. The number of nitrogens with two attached hydrogens (primary N) is 2. The van der Waals surface area contributed by atoms with E-state index in [-0.39, 0.29) is 25.1 Å². The first-order chi connectivity index (χ1) is 19.2. The number of nitrogens with one attached hydrogen (secondary N) is 3. The second-order valence-corrected chi connectivity index (χ2v) is 9.94. The van der Waals surface area contributed by atoms with Crippen LogP contribution in [-0.2, 0) is 32.0 Å². The molecule has 12 nitrogen and oxygen atoms in total. The standard InChI is InChI=1S/C28H34N6O6/c29-20(12-16-7-9-18(36)10-8-16)26(38)33-23(15-35)28(40)34-11-3-6-24(34)27(39)32-22(25(30)37)13-17-14-31-21-5-2-1-4-19(17)21/h1-2,4-5,7-10,14,20,22-24,31,35-36H,3,6,11-13,15,29H2,(H2,30,37)(H,32,39)(H,33,38)/t20-,22-,23-,24-/m0/s1. The molecule has 0 bridgehead atoms. The molecule has 212 valence electrons. The number of fused-ring (bicyclic) bond motifs is 1. The van der Waals surface area contributed by atoms with Gasteiger partial charge in [-0.3, -0.25) is 19.2 Å². The fourth-order valence-corrected chi connectivity index (χ4v) is 4.96. The van der Waals surface area contributed by atoms with Gasteiger partial charge in [-0.1, -0.05) is 30.3 Å². The molecule has 1 fully saturated rings. The van der Waals surface area contributed by atoms with Crippen LogP contribution in [0.1, 0.15) is 24.0 Å². The molecule has 1 aliphatic rings. The highest BCUT2D eigenvalue weighted by atomic mass is 16.3. The summed E-state index contributed by atoms with van der Waals surface area (Å²) < 4.78 is 0. The first kappa shape index (κ1) is 28.6. The molecule has 2 heterocycles. The predicted molar refractivity (Wildman–Crippen MR) is 147 cm³/mol. The monoisotopic (exact) mass is 550 g/mol. The van der Waals surface area contributed by atoms with Gasteiger partial charge in [0.1, 0.15) is 23.9 Å². The molecular weight excluding hydrogens is 516 g/mol. The van der Waals surface area contributed by atoms with Gasteiger partial charge in [-0.25, -0.2) is 0 Å². The van der Waals surface area contributed by atoms with E-state index in [0.29, 0.717) is 18.4 Å². The second-order valence-electron chi connectivity index (χ2n) is 9.94. The molecule has 1 saturated heterocycles. The molecule has 0 aliphatic carbocycles. The van der Waals surface area contributed by atoms with Gasteiger partial charge < -0.3 is 42.2 Å². The van der Waals surface area contributed by atoms with Crippen LogP contribution < -0.4 is 22.1 Å². The van der Waals surface area contributed by atoms with Gasteiger partial charge in [0, 0.05) is 30.1 Å². The van der Waals surface area contributed by atoms with Crippen LogP contribution in [-0.4, -0.2) is 81.0 Å². The van der Waals surface area contributed by atoms with Crippen LogP contribution in [0.25, 0.3) is 10.9 Å². The molecule has 1 aliphatic heterocycles. The number of primary amides is 1. The fraction of sp³-hybridized carbons (Fsp3) is 0.357. The third-order valence-corrected chi connectivity index (χ3v) is 7.12. The SMILES string of the molecule is NC(=O)[C@H](Cc1c[nH]c2ccccc12)NC(=O)[C@@H]1CCCN1C(=O)[C@H](CO)NC(=O)[C@@H](N)Cc1ccc(O)cc1. The Hall–Kier alpha value is -4.42. The topological polar surface area (TPSA) is 204 Å². The maximum atomic E-state index is 13.3. The lowest BCUT2D eigenvalue weighted by atomic mass is 10.0. The summed E-state index contributed by atoms with van der Waals surface area (Å²) in [6.45, 7) is -0.446. The molecule has 0 unspecified atom stereocenters. The number of aliphatic hydroxyl groups excluding tert-OH is 1. The average molecular weight is 551 g/mol. The summed E-state index contributed by atoms with van der Waals surface area (Å²) in [4.78, 5) is 55.8. The summed E-state index contributed by atoms with van der Waals surface area (Å²) in [7, 11) is 0. The molecule has 0 spiro atoms. The van der Waals surface area contributed by atoms with Crippen LogP contribution in [0.15, 0.2) is 54.7 Å². The lowest BCUT2D eigenvalue weighted by Crippen LogP contribution is -2.58.